The molecule has 2 aliphatic rings. The van der Waals surface area contributed by atoms with Gasteiger partial charge in [0.05, 0.1) is 17.5 Å². The highest BCUT2D eigenvalue weighted by Gasteiger charge is 2.25. The average Bonchev–Trinajstić information content (AvgIpc) is 4.51. The molecule has 0 saturated carbocycles. The van der Waals surface area contributed by atoms with E-state index in [9.17, 15) is 24.1 Å². The predicted molar refractivity (Wildman–Crippen MR) is 318 cm³/mol. The predicted octanol–water partition coefficient (Wildman–Crippen LogP) is 11.7. The van der Waals surface area contributed by atoms with Crippen LogP contribution in [0.1, 0.15) is 68.1 Å². The third kappa shape index (κ3) is 12.6. The van der Waals surface area contributed by atoms with Crippen LogP contribution in [0.4, 0.5) is 36.6 Å². The molecule has 0 spiro atoms. The molecule has 2 fully saturated rings. The van der Waals surface area contributed by atoms with Crippen LogP contribution in [0.15, 0.2) is 110 Å². The van der Waals surface area contributed by atoms with E-state index in [0.717, 1.165) is 82.5 Å². The Kier molecular flexibility index (Phi) is 18.3. The van der Waals surface area contributed by atoms with Crippen LogP contribution in [0.5, 0.6) is 0 Å². The van der Waals surface area contributed by atoms with Gasteiger partial charge in [-0.3, -0.25) is 13.6 Å². The number of ketones is 1. The number of Topliss-reactive ketones (excluding diaryl/α,β-unsaturated/α-hetero) is 1. The number of aliphatic hydroxyl groups excluding tert-OH is 1. The van der Waals surface area contributed by atoms with Crippen LogP contribution >= 0.6 is 34.3 Å². The number of nitriles is 2. The number of hydrogen-bond donors (Lipinski definition) is 2. The summed E-state index contributed by atoms with van der Waals surface area (Å²) in [6.45, 7) is 7.35. The van der Waals surface area contributed by atoms with Gasteiger partial charge in [0.25, 0.3) is 0 Å². The molecule has 8 aromatic heterocycles. The number of aryl methyl sites for hydroxylation is 2. The second-order valence-corrected chi connectivity index (χ2v) is 21.3. The molecule has 12 rings (SSSR count). The molecule has 0 bridgehead atoms. The van der Waals surface area contributed by atoms with Gasteiger partial charge in [-0.2, -0.15) is 10.5 Å². The van der Waals surface area contributed by atoms with Crippen molar-refractivity contribution in [3.63, 3.8) is 0 Å². The van der Waals surface area contributed by atoms with Crippen molar-refractivity contribution in [2.75, 3.05) is 55.0 Å². The minimum Gasteiger partial charge on any atom is -0.393 e. The maximum atomic E-state index is 13.5. The number of halogens is 3. The number of fused-ring (bicyclic) bond motifs is 2. The number of rotatable bonds is 11. The fourth-order valence-electron chi connectivity index (χ4n) is 9.39. The lowest BCUT2D eigenvalue weighted by molar-refractivity contribution is -0.119. The van der Waals surface area contributed by atoms with Crippen molar-refractivity contribution in [3.05, 3.63) is 148 Å². The van der Waals surface area contributed by atoms with Gasteiger partial charge in [-0.05, 0) is 123 Å². The average molecular weight is 1160 g/mol. The lowest BCUT2D eigenvalue weighted by Gasteiger charge is -2.25. The van der Waals surface area contributed by atoms with Gasteiger partial charge in [-0.25, -0.2) is 48.7 Å². The number of aromatic nitrogens is 10. The van der Waals surface area contributed by atoms with Crippen molar-refractivity contribution in [1.82, 2.24) is 54.0 Å². The van der Waals surface area contributed by atoms with Crippen molar-refractivity contribution in [2.45, 2.75) is 65.9 Å². The molecule has 2 N–H and O–H groups in total. The third-order valence-corrected chi connectivity index (χ3v) is 16.0. The SMILES string of the molecule is C.CCc1nc2ccc(-c3cnc(Cl)nc3)cn2c1N(C)c1nc(-c2ccc(F)cc2)c(C#N)s1.CCc1nc2ccc(-c3cnc(N4CCC(=O)CC4)nc3)cn2c1N(C)c1nc(-c2ccc(F)cc2)c(C#N)s1.OC1CCNCC1. The van der Waals surface area contributed by atoms with Crippen LogP contribution in [0, 0.1) is 34.3 Å². The molecule has 0 aliphatic carbocycles. The number of benzene rings is 2. The Labute approximate surface area is 485 Å². The monoisotopic (exact) mass is 1160 g/mol. The molecular formula is C59H57ClF2N16O2S2. The highest BCUT2D eigenvalue weighted by molar-refractivity contribution is 7.17. The van der Waals surface area contributed by atoms with E-state index >= 15 is 0 Å². The van der Waals surface area contributed by atoms with Gasteiger partial charge in [0.15, 0.2) is 10.3 Å². The highest BCUT2D eigenvalue weighted by atomic mass is 35.5. The van der Waals surface area contributed by atoms with Crippen LogP contribution < -0.4 is 20.0 Å². The molecule has 2 aromatic carbocycles. The molecule has 82 heavy (non-hydrogen) atoms. The van der Waals surface area contributed by atoms with Crippen molar-refractivity contribution >= 4 is 79.2 Å². The molecule has 2 aliphatic heterocycles. The zero-order valence-corrected chi connectivity index (χ0v) is 46.9. The minimum atomic E-state index is -0.341. The minimum absolute atomic E-state index is 0. The Morgan fingerprint density at radius 3 is 1.45 bits per heavy atom. The number of carbonyl (C=O) groups is 1. The number of aliphatic hydroxyl groups is 1. The molecule has 18 nitrogen and oxygen atoms in total. The number of pyridine rings is 2. The first kappa shape index (κ1) is 58.0. The second kappa shape index (κ2) is 25.9. The Morgan fingerprint density at radius 2 is 1.06 bits per heavy atom. The highest BCUT2D eigenvalue weighted by Crippen LogP contribution is 2.39. The van der Waals surface area contributed by atoms with E-state index in [1.165, 1.54) is 46.9 Å². The number of nitrogens with one attached hydrogen (secondary N) is 1. The molecule has 0 amide bonds. The number of nitrogens with zero attached hydrogens (tertiary/aromatic N) is 15. The Morgan fingerprint density at radius 1 is 0.646 bits per heavy atom. The van der Waals surface area contributed by atoms with Gasteiger partial charge in [-0.1, -0.05) is 43.9 Å². The van der Waals surface area contributed by atoms with Crippen LogP contribution in [0.25, 0.3) is 56.1 Å². The first-order valence-corrected chi connectivity index (χ1v) is 28.1. The van der Waals surface area contributed by atoms with Crippen molar-refractivity contribution in [2.24, 2.45) is 0 Å². The molecule has 23 heteroatoms. The van der Waals surface area contributed by atoms with Gasteiger partial charge < -0.3 is 25.1 Å². The summed E-state index contributed by atoms with van der Waals surface area (Å²) in [5.41, 5.74) is 9.29. The van der Waals surface area contributed by atoms with Crippen LogP contribution in [-0.4, -0.2) is 106 Å². The maximum Gasteiger partial charge on any atom is 0.225 e. The summed E-state index contributed by atoms with van der Waals surface area (Å²) in [7, 11) is 3.81. The molecule has 2 saturated heterocycles. The van der Waals surface area contributed by atoms with E-state index in [1.54, 1.807) is 49.1 Å². The number of thiazole rings is 2. The fraction of sp³-hybridized carbons (Fsp3) is 0.271. The van der Waals surface area contributed by atoms with Gasteiger partial charge in [0.2, 0.25) is 11.2 Å². The second-order valence-electron chi connectivity index (χ2n) is 19.0. The standard InChI is InChI=1S/C29H25FN8OS.C24H17ClFN7S.C5H11NO.CH4/c1-3-23-27(36(2)29-35-26(24(14-31)40-29)18-4-7-21(30)8-5-18)38-17-19(6-9-25(38)34-23)20-15-32-28(33-16-20)37-12-10-22(39)11-13-37;1-3-18-22(33-13-15(6-9-20(33)30-18)16-11-28-23(25)29-12-16)32(2)24-31-21(19(10-27)34-24)14-4-7-17(26)8-5-14;7-5-1-3-6-4-2-5;/h4-9,15-17H,3,10-13H2,1-2H3;4-9,11-13H,3H2,1-2H3;5-7H,1-4H2;1H4. The zero-order chi connectivity index (χ0) is 56.7. The Hall–Kier alpha value is -8.64. The van der Waals surface area contributed by atoms with E-state index in [1.807, 2.05) is 88.1 Å². The first-order chi connectivity index (χ1) is 39.3. The third-order valence-electron chi connectivity index (χ3n) is 13.7. The molecule has 418 valence electrons. The van der Waals surface area contributed by atoms with E-state index in [0.29, 0.717) is 87.3 Å². The van der Waals surface area contributed by atoms with Crippen LogP contribution in [0.2, 0.25) is 5.28 Å². The summed E-state index contributed by atoms with van der Waals surface area (Å²) in [6.07, 6.45) is 15.2. The van der Waals surface area contributed by atoms with Crippen molar-refractivity contribution in [3.8, 4) is 56.9 Å². The van der Waals surface area contributed by atoms with E-state index < -0.39 is 0 Å². The topological polar surface area (TPSA) is 219 Å². The summed E-state index contributed by atoms with van der Waals surface area (Å²) in [6, 6.07) is 24.3. The number of hydrogen-bond acceptors (Lipinski definition) is 18. The van der Waals surface area contributed by atoms with E-state index in [4.69, 9.17) is 36.6 Å². The first-order valence-electron chi connectivity index (χ1n) is 26.1. The summed E-state index contributed by atoms with van der Waals surface area (Å²) in [4.78, 5) is 54.8. The summed E-state index contributed by atoms with van der Waals surface area (Å²) in [5, 5.41) is 33.0. The summed E-state index contributed by atoms with van der Waals surface area (Å²) < 4.78 is 30.9. The van der Waals surface area contributed by atoms with Gasteiger partial charge in [0, 0.05) is 111 Å². The normalized spacial score (nSPS) is 13.3. The number of piperidine rings is 2. The van der Waals surface area contributed by atoms with Crippen LogP contribution in [-0.2, 0) is 17.6 Å². The van der Waals surface area contributed by atoms with Crippen LogP contribution in [0.3, 0.4) is 0 Å². The number of imidazole rings is 2. The van der Waals surface area contributed by atoms with Crippen molar-refractivity contribution in [1.29, 1.82) is 10.5 Å². The summed E-state index contributed by atoms with van der Waals surface area (Å²) in [5.74, 6) is 1.92. The number of carbonyl (C=O) groups excluding carboxylic acids is 1. The molecule has 0 unspecified atom stereocenters. The Bertz CT molecular complexity index is 3930. The smallest absolute Gasteiger partial charge is 0.225 e. The lowest BCUT2D eigenvalue weighted by Crippen LogP contribution is -2.34. The fourth-order valence-corrected chi connectivity index (χ4v) is 11.2. The van der Waals surface area contributed by atoms with E-state index in [-0.39, 0.29) is 36.2 Å². The van der Waals surface area contributed by atoms with Gasteiger partial charge in [-0.15, -0.1) is 0 Å². The zero-order valence-electron chi connectivity index (χ0n) is 44.6. The molecule has 10 heterocycles. The van der Waals surface area contributed by atoms with Gasteiger partial charge >= 0.3 is 0 Å². The Balaban J connectivity index is 0.000000176. The number of anilines is 5. The quantitative estimate of drug-likeness (QED) is 0.115. The molecule has 0 atom stereocenters. The summed E-state index contributed by atoms with van der Waals surface area (Å²) >= 11 is 8.40. The molecule has 10 aromatic rings. The van der Waals surface area contributed by atoms with Gasteiger partial charge in [0.1, 0.15) is 73.6 Å². The molecular weight excluding hydrogens is 1100 g/mol. The van der Waals surface area contributed by atoms with Crippen molar-refractivity contribution < 1.29 is 18.7 Å². The largest absolute Gasteiger partial charge is 0.393 e. The van der Waals surface area contributed by atoms with E-state index in [2.05, 4.69) is 37.4 Å². The lowest BCUT2D eigenvalue weighted by atomic mass is 10.1. The maximum absolute atomic E-state index is 13.5. The molecule has 0 radical (unpaired) electrons.